The van der Waals surface area contributed by atoms with Crippen LogP contribution in [0.1, 0.15) is 25.3 Å². The highest BCUT2D eigenvalue weighted by molar-refractivity contribution is 7.90. The number of sulfone groups is 1. The van der Waals surface area contributed by atoms with Crippen LogP contribution in [0.25, 0.3) is 27.7 Å². The van der Waals surface area contributed by atoms with Crippen LogP contribution in [-0.4, -0.2) is 31.7 Å². The minimum atomic E-state index is -3.24. The quantitative estimate of drug-likeness (QED) is 0.434. The van der Waals surface area contributed by atoms with Gasteiger partial charge in [0.25, 0.3) is 0 Å². The Hall–Kier alpha value is -3.42. The number of benzene rings is 3. The Bertz CT molecular complexity index is 1420. The summed E-state index contributed by atoms with van der Waals surface area (Å²) in [6.45, 7) is 4.28. The second kappa shape index (κ2) is 8.84. The number of nitrogens with two attached hydrogens (primary N) is 1. The Morgan fingerprint density at radius 2 is 1.61 bits per heavy atom. The standard InChI is InChI=1S/C26H27N3O3S/c1-17(2)24-16-29(21-9-7-20(8-10-21)28-26(30)15-27)25-14-19(6-13-23(24)25)18-4-11-22(12-5-18)33(3,31)32/h4-14,16-17H,15,27H2,1-3H3,(H,28,30). The van der Waals surface area contributed by atoms with Crippen LogP contribution in [0.5, 0.6) is 0 Å². The molecule has 0 fully saturated rings. The van der Waals surface area contributed by atoms with E-state index >= 15 is 0 Å². The third kappa shape index (κ3) is 4.69. The van der Waals surface area contributed by atoms with Gasteiger partial charge >= 0.3 is 0 Å². The van der Waals surface area contributed by atoms with Gasteiger partial charge in [-0.15, -0.1) is 0 Å². The molecular formula is C26H27N3O3S. The van der Waals surface area contributed by atoms with E-state index in [1.54, 1.807) is 12.1 Å². The van der Waals surface area contributed by atoms with Crippen molar-refractivity contribution < 1.29 is 13.2 Å². The molecule has 3 N–H and O–H groups in total. The van der Waals surface area contributed by atoms with E-state index in [1.165, 1.54) is 17.2 Å². The molecule has 4 aromatic rings. The summed E-state index contributed by atoms with van der Waals surface area (Å²) in [6.07, 6.45) is 3.36. The number of amides is 1. The van der Waals surface area contributed by atoms with Crippen LogP contribution < -0.4 is 11.1 Å². The summed E-state index contributed by atoms with van der Waals surface area (Å²) >= 11 is 0. The van der Waals surface area contributed by atoms with Crippen LogP contribution in [0.2, 0.25) is 0 Å². The number of carbonyl (C=O) groups is 1. The number of nitrogens with zero attached hydrogens (tertiary/aromatic N) is 1. The molecule has 6 nitrogen and oxygen atoms in total. The minimum absolute atomic E-state index is 0.0598. The zero-order valence-corrected chi connectivity index (χ0v) is 19.7. The molecule has 7 heteroatoms. The SMILES string of the molecule is CC(C)c1cn(-c2ccc(NC(=O)CN)cc2)c2cc(-c3ccc(S(C)(=O)=O)cc3)ccc12. The highest BCUT2D eigenvalue weighted by atomic mass is 32.2. The lowest BCUT2D eigenvalue weighted by Crippen LogP contribution is -2.21. The number of hydrogen-bond acceptors (Lipinski definition) is 4. The number of nitrogens with one attached hydrogen (secondary N) is 1. The second-order valence-electron chi connectivity index (χ2n) is 8.44. The van der Waals surface area contributed by atoms with Crippen LogP contribution in [0.3, 0.4) is 0 Å². The third-order valence-corrected chi connectivity index (χ3v) is 6.82. The summed E-state index contributed by atoms with van der Waals surface area (Å²) in [7, 11) is -3.24. The molecule has 0 atom stereocenters. The van der Waals surface area contributed by atoms with E-state index in [2.05, 4.69) is 48.1 Å². The zero-order valence-electron chi connectivity index (χ0n) is 18.9. The number of hydrogen-bond donors (Lipinski definition) is 2. The molecule has 1 aromatic heterocycles. The van der Waals surface area contributed by atoms with Crippen LogP contribution in [0, 0.1) is 0 Å². The molecule has 0 spiro atoms. The molecule has 0 aliphatic heterocycles. The molecule has 4 rings (SSSR count). The topological polar surface area (TPSA) is 94.2 Å². The van der Waals surface area contributed by atoms with Gasteiger partial charge in [-0.05, 0) is 65.1 Å². The lowest BCUT2D eigenvalue weighted by Gasteiger charge is -2.09. The second-order valence-corrected chi connectivity index (χ2v) is 10.5. The van der Waals surface area contributed by atoms with Crippen molar-refractivity contribution in [2.24, 2.45) is 5.73 Å². The van der Waals surface area contributed by atoms with Crippen molar-refractivity contribution >= 4 is 32.3 Å². The largest absolute Gasteiger partial charge is 0.325 e. The Labute approximate surface area is 194 Å². The first kappa shape index (κ1) is 22.8. The summed E-state index contributed by atoms with van der Waals surface area (Å²) in [5.74, 6) is 0.111. The Kier molecular flexibility index (Phi) is 6.10. The molecule has 1 heterocycles. The van der Waals surface area contributed by atoms with E-state index in [0.29, 0.717) is 16.5 Å². The van der Waals surface area contributed by atoms with Crippen molar-refractivity contribution in [3.05, 3.63) is 78.5 Å². The zero-order chi connectivity index (χ0) is 23.8. The highest BCUT2D eigenvalue weighted by Crippen LogP contribution is 2.33. The van der Waals surface area contributed by atoms with Gasteiger partial charge in [-0.25, -0.2) is 8.42 Å². The fourth-order valence-electron chi connectivity index (χ4n) is 3.92. The first-order valence-electron chi connectivity index (χ1n) is 10.7. The molecule has 0 bridgehead atoms. The third-order valence-electron chi connectivity index (χ3n) is 5.69. The van der Waals surface area contributed by atoms with E-state index < -0.39 is 9.84 Å². The van der Waals surface area contributed by atoms with Crippen molar-refractivity contribution in [3.8, 4) is 16.8 Å². The van der Waals surface area contributed by atoms with Crippen molar-refractivity contribution in [3.63, 3.8) is 0 Å². The number of anilines is 1. The fourth-order valence-corrected chi connectivity index (χ4v) is 4.55. The summed E-state index contributed by atoms with van der Waals surface area (Å²) in [4.78, 5) is 11.9. The summed E-state index contributed by atoms with van der Waals surface area (Å²) < 4.78 is 25.7. The molecule has 0 aliphatic carbocycles. The molecular weight excluding hydrogens is 434 g/mol. The Morgan fingerprint density at radius 1 is 0.970 bits per heavy atom. The molecule has 0 radical (unpaired) electrons. The molecule has 0 unspecified atom stereocenters. The van der Waals surface area contributed by atoms with Crippen LogP contribution >= 0.6 is 0 Å². The van der Waals surface area contributed by atoms with Gasteiger partial charge in [-0.1, -0.05) is 38.1 Å². The number of carbonyl (C=O) groups excluding carboxylic acids is 1. The van der Waals surface area contributed by atoms with Gasteiger partial charge in [0.2, 0.25) is 5.91 Å². The Balaban J connectivity index is 1.79. The van der Waals surface area contributed by atoms with Gasteiger partial charge in [0.05, 0.1) is 17.0 Å². The maximum absolute atomic E-state index is 11.8. The van der Waals surface area contributed by atoms with Crippen molar-refractivity contribution in [2.75, 3.05) is 18.1 Å². The molecule has 33 heavy (non-hydrogen) atoms. The predicted octanol–water partition coefficient (Wildman–Crippen LogP) is 4.72. The average Bonchev–Trinajstić information content (AvgIpc) is 3.18. The van der Waals surface area contributed by atoms with Crippen LogP contribution in [0.4, 0.5) is 5.69 Å². The van der Waals surface area contributed by atoms with Gasteiger partial charge in [-0.3, -0.25) is 4.79 Å². The van der Waals surface area contributed by atoms with Crippen LogP contribution in [-0.2, 0) is 14.6 Å². The molecule has 0 saturated carbocycles. The van der Waals surface area contributed by atoms with Crippen LogP contribution in [0.15, 0.2) is 77.8 Å². The molecule has 3 aromatic carbocycles. The fraction of sp³-hybridized carbons (Fsp3) is 0.192. The smallest absolute Gasteiger partial charge is 0.238 e. The van der Waals surface area contributed by atoms with Gasteiger partial charge in [-0.2, -0.15) is 0 Å². The summed E-state index contributed by atoms with van der Waals surface area (Å²) in [5.41, 5.74) is 11.3. The first-order valence-corrected chi connectivity index (χ1v) is 12.6. The van der Waals surface area contributed by atoms with Crippen molar-refractivity contribution in [1.82, 2.24) is 4.57 Å². The maximum Gasteiger partial charge on any atom is 0.238 e. The molecule has 1 amide bonds. The summed E-state index contributed by atoms with van der Waals surface area (Å²) in [6, 6.07) is 20.9. The molecule has 170 valence electrons. The minimum Gasteiger partial charge on any atom is -0.325 e. The molecule has 0 aliphatic rings. The highest BCUT2D eigenvalue weighted by Gasteiger charge is 2.14. The number of rotatable bonds is 6. The molecule has 0 saturated heterocycles. The van der Waals surface area contributed by atoms with E-state index in [4.69, 9.17) is 5.73 Å². The normalized spacial score (nSPS) is 11.8. The van der Waals surface area contributed by atoms with E-state index in [1.807, 2.05) is 36.4 Å². The Morgan fingerprint density at radius 3 is 2.18 bits per heavy atom. The lowest BCUT2D eigenvalue weighted by atomic mass is 9.99. The van der Waals surface area contributed by atoms with Crippen molar-refractivity contribution in [2.45, 2.75) is 24.7 Å². The number of aromatic nitrogens is 1. The van der Waals surface area contributed by atoms with E-state index in [9.17, 15) is 13.2 Å². The van der Waals surface area contributed by atoms with E-state index in [-0.39, 0.29) is 12.5 Å². The first-order chi connectivity index (χ1) is 15.7. The maximum atomic E-state index is 11.8. The number of fused-ring (bicyclic) bond motifs is 1. The lowest BCUT2D eigenvalue weighted by molar-refractivity contribution is -0.114. The monoisotopic (exact) mass is 461 g/mol. The van der Waals surface area contributed by atoms with Gasteiger partial charge in [0.15, 0.2) is 9.84 Å². The average molecular weight is 462 g/mol. The van der Waals surface area contributed by atoms with Gasteiger partial charge in [0.1, 0.15) is 0 Å². The van der Waals surface area contributed by atoms with Crippen molar-refractivity contribution in [1.29, 1.82) is 0 Å². The predicted molar refractivity (Wildman–Crippen MR) is 134 cm³/mol. The van der Waals surface area contributed by atoms with E-state index in [0.717, 1.165) is 22.3 Å². The van der Waals surface area contributed by atoms with Gasteiger partial charge in [0, 0.05) is 29.2 Å². The van der Waals surface area contributed by atoms with Gasteiger partial charge < -0.3 is 15.6 Å². The summed E-state index contributed by atoms with van der Waals surface area (Å²) in [5, 5.41) is 3.93.